The third-order valence-electron chi connectivity index (χ3n) is 3.03. The molecule has 1 rings (SSSR count). The zero-order valence-electron chi connectivity index (χ0n) is 11.7. The number of rotatable bonds is 9. The van der Waals surface area contributed by atoms with E-state index in [0.29, 0.717) is 18.1 Å². The normalized spacial score (nSPS) is 11.5. The fourth-order valence-electron chi connectivity index (χ4n) is 1.89. The number of hydrogen-bond acceptors (Lipinski definition) is 2. The van der Waals surface area contributed by atoms with E-state index in [1.165, 1.54) is 0 Å². The van der Waals surface area contributed by atoms with Crippen LogP contribution in [-0.4, -0.2) is 17.7 Å². The second-order valence-electron chi connectivity index (χ2n) is 4.62. The first-order valence-electron chi connectivity index (χ1n) is 6.74. The Morgan fingerprint density at radius 1 is 1.25 bits per heavy atom. The van der Waals surface area contributed by atoms with Crippen molar-refractivity contribution in [2.75, 3.05) is 6.61 Å². The maximum absolute atomic E-state index is 11.1. The largest absolute Gasteiger partial charge is 0.494 e. The van der Waals surface area contributed by atoms with Gasteiger partial charge in [0, 0.05) is 5.02 Å². The molecule has 1 unspecified atom stereocenters. The van der Waals surface area contributed by atoms with Gasteiger partial charge in [0.1, 0.15) is 5.75 Å². The first kappa shape index (κ1) is 19.1. The summed E-state index contributed by atoms with van der Waals surface area (Å²) in [5, 5.41) is 9.77. The van der Waals surface area contributed by atoms with Crippen LogP contribution in [-0.2, 0) is 4.79 Å². The molecule has 1 aromatic rings. The van der Waals surface area contributed by atoms with Gasteiger partial charge in [-0.05, 0) is 43.5 Å². The van der Waals surface area contributed by atoms with Crippen LogP contribution in [0.2, 0.25) is 5.02 Å². The van der Waals surface area contributed by atoms with Gasteiger partial charge in [-0.2, -0.15) is 0 Å². The number of carboxylic acids is 1. The molecule has 0 spiro atoms. The minimum atomic E-state index is -0.694. The van der Waals surface area contributed by atoms with E-state index in [2.05, 4.69) is 6.92 Å². The van der Waals surface area contributed by atoms with E-state index in [4.69, 9.17) is 21.4 Å². The Kier molecular flexibility index (Phi) is 10.3. The highest BCUT2D eigenvalue weighted by Gasteiger charge is 2.15. The number of halogens is 2. The molecule has 20 heavy (non-hydrogen) atoms. The van der Waals surface area contributed by atoms with Crippen molar-refractivity contribution in [1.29, 1.82) is 0 Å². The van der Waals surface area contributed by atoms with Crippen molar-refractivity contribution in [2.45, 2.75) is 39.0 Å². The predicted molar refractivity (Wildman–Crippen MR) is 84.1 cm³/mol. The maximum atomic E-state index is 11.1. The standard InChI is InChI=1S/C15H21ClO3.ClH/c1-2-3-5-12(15(17)18)6-4-11-19-14-9-7-13(16)8-10-14;/h7-10,12H,2-6,11H2,1H3,(H,17,18);1H. The van der Waals surface area contributed by atoms with E-state index in [1.54, 1.807) is 12.1 Å². The monoisotopic (exact) mass is 320 g/mol. The molecule has 0 radical (unpaired) electrons. The summed E-state index contributed by atoms with van der Waals surface area (Å²) in [6.07, 6.45) is 4.18. The number of aliphatic carboxylic acids is 1. The Hall–Kier alpha value is -0.930. The predicted octanol–water partition coefficient (Wildman–Crippen LogP) is 4.81. The fourth-order valence-corrected chi connectivity index (χ4v) is 2.02. The molecule has 0 aromatic heterocycles. The molecular formula is C15H22Cl2O3. The zero-order valence-corrected chi connectivity index (χ0v) is 13.3. The number of carbonyl (C=O) groups is 1. The molecule has 0 saturated heterocycles. The van der Waals surface area contributed by atoms with Gasteiger partial charge < -0.3 is 9.84 Å². The highest BCUT2D eigenvalue weighted by Crippen LogP contribution is 2.18. The molecule has 0 saturated carbocycles. The highest BCUT2D eigenvalue weighted by molar-refractivity contribution is 6.30. The molecule has 0 fully saturated rings. The van der Waals surface area contributed by atoms with Gasteiger partial charge in [-0.3, -0.25) is 4.79 Å². The lowest BCUT2D eigenvalue weighted by Crippen LogP contribution is -2.14. The van der Waals surface area contributed by atoms with Crippen LogP contribution in [0, 0.1) is 5.92 Å². The number of ether oxygens (including phenoxy) is 1. The van der Waals surface area contributed by atoms with Crippen molar-refractivity contribution in [2.24, 2.45) is 5.92 Å². The molecule has 1 N–H and O–H groups in total. The van der Waals surface area contributed by atoms with Crippen molar-refractivity contribution < 1.29 is 14.6 Å². The van der Waals surface area contributed by atoms with Crippen LogP contribution < -0.4 is 4.74 Å². The third kappa shape index (κ3) is 7.61. The molecule has 1 aromatic carbocycles. The molecule has 0 amide bonds. The summed E-state index contributed by atoms with van der Waals surface area (Å²) in [4.78, 5) is 11.1. The van der Waals surface area contributed by atoms with Gasteiger partial charge >= 0.3 is 5.97 Å². The van der Waals surface area contributed by atoms with Crippen molar-refractivity contribution in [1.82, 2.24) is 0 Å². The summed E-state index contributed by atoms with van der Waals surface area (Å²) < 4.78 is 5.54. The van der Waals surface area contributed by atoms with Gasteiger partial charge in [-0.25, -0.2) is 0 Å². The van der Waals surface area contributed by atoms with E-state index < -0.39 is 5.97 Å². The Labute approximate surface area is 131 Å². The molecule has 0 aliphatic carbocycles. The Bertz CT molecular complexity index is 379. The van der Waals surface area contributed by atoms with Crippen LogP contribution in [0.3, 0.4) is 0 Å². The highest BCUT2D eigenvalue weighted by atomic mass is 35.5. The van der Waals surface area contributed by atoms with Gasteiger partial charge in [0.05, 0.1) is 12.5 Å². The number of carboxylic acid groups (broad SMARTS) is 1. The summed E-state index contributed by atoms with van der Waals surface area (Å²) in [6.45, 7) is 2.61. The molecule has 0 aliphatic heterocycles. The van der Waals surface area contributed by atoms with Crippen molar-refractivity contribution in [3.05, 3.63) is 29.3 Å². The topological polar surface area (TPSA) is 46.5 Å². The summed E-state index contributed by atoms with van der Waals surface area (Å²) in [5.41, 5.74) is 0. The van der Waals surface area contributed by atoms with Crippen molar-refractivity contribution in [3.63, 3.8) is 0 Å². The second kappa shape index (κ2) is 10.8. The Morgan fingerprint density at radius 2 is 1.85 bits per heavy atom. The summed E-state index contributed by atoms with van der Waals surface area (Å²) in [6, 6.07) is 7.18. The fraction of sp³-hybridized carbons (Fsp3) is 0.533. The van der Waals surface area contributed by atoms with Crippen LogP contribution in [0.1, 0.15) is 39.0 Å². The third-order valence-corrected chi connectivity index (χ3v) is 3.29. The van der Waals surface area contributed by atoms with Crippen LogP contribution in [0.4, 0.5) is 0 Å². The molecule has 3 nitrogen and oxygen atoms in total. The number of hydrogen-bond donors (Lipinski definition) is 1. The SMILES string of the molecule is CCCCC(CCCOc1ccc(Cl)cc1)C(=O)O.Cl. The van der Waals surface area contributed by atoms with Gasteiger partial charge in [-0.15, -0.1) is 12.4 Å². The average molecular weight is 321 g/mol. The quantitative estimate of drug-likeness (QED) is 0.664. The van der Waals surface area contributed by atoms with Gasteiger partial charge in [0.2, 0.25) is 0 Å². The van der Waals surface area contributed by atoms with E-state index >= 15 is 0 Å². The van der Waals surface area contributed by atoms with Gasteiger partial charge in [0.15, 0.2) is 0 Å². The number of unbranched alkanes of at least 4 members (excludes halogenated alkanes) is 1. The lowest BCUT2D eigenvalue weighted by molar-refractivity contribution is -0.142. The summed E-state index contributed by atoms with van der Waals surface area (Å²) >= 11 is 5.78. The summed E-state index contributed by atoms with van der Waals surface area (Å²) in [7, 11) is 0. The van der Waals surface area contributed by atoms with Gasteiger partial charge in [0.25, 0.3) is 0 Å². The first-order chi connectivity index (χ1) is 9.13. The lowest BCUT2D eigenvalue weighted by Gasteiger charge is -2.12. The molecular weight excluding hydrogens is 299 g/mol. The van der Waals surface area contributed by atoms with Crippen LogP contribution in [0.25, 0.3) is 0 Å². The number of benzene rings is 1. The van der Waals surface area contributed by atoms with Crippen molar-refractivity contribution in [3.8, 4) is 5.75 Å². The Morgan fingerprint density at radius 3 is 2.40 bits per heavy atom. The van der Waals surface area contributed by atoms with E-state index in [9.17, 15) is 4.79 Å². The first-order valence-corrected chi connectivity index (χ1v) is 7.12. The smallest absolute Gasteiger partial charge is 0.306 e. The Balaban J connectivity index is 0.00000361. The van der Waals surface area contributed by atoms with Crippen LogP contribution in [0.5, 0.6) is 5.75 Å². The summed E-state index contributed by atoms with van der Waals surface area (Å²) in [5.74, 6) is -0.168. The molecule has 0 heterocycles. The minimum absolute atomic E-state index is 0. The molecule has 114 valence electrons. The average Bonchev–Trinajstić information content (AvgIpc) is 2.39. The van der Waals surface area contributed by atoms with E-state index in [1.807, 2.05) is 12.1 Å². The van der Waals surface area contributed by atoms with Crippen LogP contribution in [0.15, 0.2) is 24.3 Å². The van der Waals surface area contributed by atoms with Gasteiger partial charge in [-0.1, -0.05) is 31.4 Å². The molecule has 1 atom stereocenters. The molecule has 5 heteroatoms. The maximum Gasteiger partial charge on any atom is 0.306 e. The van der Waals surface area contributed by atoms with E-state index in [-0.39, 0.29) is 18.3 Å². The van der Waals surface area contributed by atoms with Crippen molar-refractivity contribution >= 4 is 30.0 Å². The lowest BCUT2D eigenvalue weighted by atomic mass is 9.97. The van der Waals surface area contributed by atoms with E-state index in [0.717, 1.165) is 31.4 Å². The second-order valence-corrected chi connectivity index (χ2v) is 5.06. The van der Waals surface area contributed by atoms with Crippen LogP contribution >= 0.6 is 24.0 Å². The molecule has 0 aliphatic rings. The minimum Gasteiger partial charge on any atom is -0.494 e. The zero-order chi connectivity index (χ0) is 14.1. The molecule has 0 bridgehead atoms.